The highest BCUT2D eigenvalue weighted by Gasteiger charge is 2.10. The molecule has 0 saturated carbocycles. The number of urea groups is 1. The Morgan fingerprint density at radius 3 is 2.74 bits per heavy atom. The quantitative estimate of drug-likeness (QED) is 0.778. The van der Waals surface area contributed by atoms with E-state index in [1.807, 2.05) is 32.9 Å². The number of rotatable bonds is 5. The van der Waals surface area contributed by atoms with Gasteiger partial charge >= 0.3 is 6.03 Å². The SMILES string of the molecule is Cc1cccc(NC(=O)NCCC(O)C(C)C)c1Cl. The van der Waals surface area contributed by atoms with Crippen LogP contribution in [0.1, 0.15) is 25.8 Å². The zero-order valence-electron chi connectivity index (χ0n) is 11.5. The Morgan fingerprint density at radius 2 is 2.11 bits per heavy atom. The van der Waals surface area contributed by atoms with Crippen LogP contribution in [0.4, 0.5) is 10.5 Å². The number of anilines is 1. The highest BCUT2D eigenvalue weighted by molar-refractivity contribution is 6.34. The third-order valence-electron chi connectivity index (χ3n) is 2.94. The van der Waals surface area contributed by atoms with Crippen LogP contribution >= 0.6 is 11.6 Å². The molecule has 2 amide bonds. The third kappa shape index (κ3) is 5.09. The van der Waals surface area contributed by atoms with Crippen LogP contribution in [0, 0.1) is 12.8 Å². The number of carbonyl (C=O) groups is 1. The first-order valence-electron chi connectivity index (χ1n) is 6.40. The molecule has 1 aromatic carbocycles. The molecule has 3 N–H and O–H groups in total. The fourth-order valence-electron chi connectivity index (χ4n) is 1.58. The van der Waals surface area contributed by atoms with Gasteiger partial charge in [0.25, 0.3) is 0 Å². The van der Waals surface area contributed by atoms with E-state index in [2.05, 4.69) is 10.6 Å². The second-order valence-corrected chi connectivity index (χ2v) is 5.30. The van der Waals surface area contributed by atoms with Crippen molar-refractivity contribution >= 4 is 23.3 Å². The van der Waals surface area contributed by atoms with Gasteiger partial charge in [0, 0.05) is 6.54 Å². The maximum atomic E-state index is 11.7. The van der Waals surface area contributed by atoms with Gasteiger partial charge in [-0.1, -0.05) is 37.6 Å². The maximum Gasteiger partial charge on any atom is 0.319 e. The van der Waals surface area contributed by atoms with E-state index in [-0.39, 0.29) is 11.9 Å². The van der Waals surface area contributed by atoms with Crippen LogP contribution in [-0.2, 0) is 0 Å². The summed E-state index contributed by atoms with van der Waals surface area (Å²) in [4.78, 5) is 11.7. The second-order valence-electron chi connectivity index (χ2n) is 4.92. The van der Waals surface area contributed by atoms with E-state index in [9.17, 15) is 9.90 Å². The van der Waals surface area contributed by atoms with E-state index < -0.39 is 6.10 Å². The van der Waals surface area contributed by atoms with Gasteiger partial charge in [-0.15, -0.1) is 0 Å². The number of aryl methyl sites for hydroxylation is 1. The largest absolute Gasteiger partial charge is 0.393 e. The van der Waals surface area contributed by atoms with Crippen LogP contribution in [0.15, 0.2) is 18.2 Å². The number of carbonyl (C=O) groups excluding carboxylic acids is 1. The molecule has 0 spiro atoms. The van der Waals surface area contributed by atoms with Crippen molar-refractivity contribution in [1.29, 1.82) is 0 Å². The lowest BCUT2D eigenvalue weighted by atomic mass is 10.0. The van der Waals surface area contributed by atoms with Crippen molar-refractivity contribution in [3.8, 4) is 0 Å². The minimum absolute atomic E-state index is 0.191. The fraction of sp³-hybridized carbons (Fsp3) is 0.500. The molecule has 0 aromatic heterocycles. The monoisotopic (exact) mass is 284 g/mol. The van der Waals surface area contributed by atoms with E-state index in [0.717, 1.165) is 5.56 Å². The molecule has 0 saturated heterocycles. The van der Waals surface area contributed by atoms with Crippen molar-refractivity contribution in [3.05, 3.63) is 28.8 Å². The zero-order valence-corrected chi connectivity index (χ0v) is 12.3. The van der Waals surface area contributed by atoms with E-state index in [1.54, 1.807) is 6.07 Å². The topological polar surface area (TPSA) is 61.4 Å². The first-order valence-corrected chi connectivity index (χ1v) is 6.77. The average Bonchev–Trinajstić information content (AvgIpc) is 2.34. The summed E-state index contributed by atoms with van der Waals surface area (Å²) in [5.74, 6) is 0.191. The number of nitrogens with one attached hydrogen (secondary N) is 2. The molecule has 0 radical (unpaired) electrons. The molecule has 106 valence electrons. The number of aliphatic hydroxyl groups excluding tert-OH is 1. The molecular formula is C14H21ClN2O2. The maximum absolute atomic E-state index is 11.7. The van der Waals surface area contributed by atoms with Crippen LogP contribution in [0.25, 0.3) is 0 Å². The molecule has 0 heterocycles. The average molecular weight is 285 g/mol. The summed E-state index contributed by atoms with van der Waals surface area (Å²) in [6.07, 6.45) is 0.134. The number of hydrogen-bond donors (Lipinski definition) is 3. The number of aliphatic hydroxyl groups is 1. The van der Waals surface area contributed by atoms with Crippen molar-refractivity contribution in [1.82, 2.24) is 5.32 Å². The first kappa shape index (κ1) is 15.8. The van der Waals surface area contributed by atoms with E-state index >= 15 is 0 Å². The number of hydrogen-bond acceptors (Lipinski definition) is 2. The van der Waals surface area contributed by atoms with Gasteiger partial charge < -0.3 is 15.7 Å². The van der Waals surface area contributed by atoms with Gasteiger partial charge in [-0.05, 0) is 30.9 Å². The smallest absolute Gasteiger partial charge is 0.319 e. The molecule has 0 aliphatic carbocycles. The summed E-state index contributed by atoms with van der Waals surface area (Å²) in [7, 11) is 0. The predicted octanol–water partition coefficient (Wildman–Crippen LogP) is 3.18. The first-order chi connectivity index (χ1) is 8.91. The summed E-state index contributed by atoms with van der Waals surface area (Å²) < 4.78 is 0. The lowest BCUT2D eigenvalue weighted by molar-refractivity contribution is 0.117. The Labute approximate surface area is 119 Å². The Bertz CT molecular complexity index is 435. The van der Waals surface area contributed by atoms with E-state index in [4.69, 9.17) is 11.6 Å². The van der Waals surface area contributed by atoms with Gasteiger partial charge in [-0.25, -0.2) is 4.79 Å². The van der Waals surface area contributed by atoms with E-state index in [0.29, 0.717) is 23.7 Å². The summed E-state index contributed by atoms with van der Waals surface area (Å²) in [6, 6.07) is 5.14. The second kappa shape index (κ2) is 7.36. The van der Waals surface area contributed by atoms with Crippen LogP contribution in [0.5, 0.6) is 0 Å². The summed E-state index contributed by atoms with van der Waals surface area (Å²) >= 11 is 6.08. The Hall–Kier alpha value is -1.26. The molecule has 1 atom stereocenters. The lowest BCUT2D eigenvalue weighted by Gasteiger charge is -2.15. The van der Waals surface area contributed by atoms with Gasteiger partial charge in [0.2, 0.25) is 0 Å². The van der Waals surface area contributed by atoms with E-state index in [1.165, 1.54) is 0 Å². The van der Waals surface area contributed by atoms with Gasteiger partial charge in [-0.3, -0.25) is 0 Å². The van der Waals surface area contributed by atoms with Crippen molar-refractivity contribution in [2.45, 2.75) is 33.3 Å². The zero-order chi connectivity index (χ0) is 14.4. The minimum atomic E-state index is -0.400. The molecule has 0 bridgehead atoms. The molecule has 0 fully saturated rings. The van der Waals surface area contributed by atoms with Crippen molar-refractivity contribution in [2.75, 3.05) is 11.9 Å². The van der Waals surface area contributed by atoms with Gasteiger partial charge in [0.05, 0.1) is 16.8 Å². The molecule has 5 heteroatoms. The van der Waals surface area contributed by atoms with Gasteiger partial charge in [0.1, 0.15) is 0 Å². The van der Waals surface area contributed by atoms with Gasteiger partial charge in [-0.2, -0.15) is 0 Å². The molecule has 0 aliphatic rings. The molecule has 0 aliphatic heterocycles. The highest BCUT2D eigenvalue weighted by atomic mass is 35.5. The molecule has 1 rings (SSSR count). The summed E-state index contributed by atoms with van der Waals surface area (Å²) in [5, 5.41) is 15.5. The molecule has 19 heavy (non-hydrogen) atoms. The minimum Gasteiger partial charge on any atom is -0.393 e. The summed E-state index contributed by atoms with van der Waals surface area (Å²) in [6.45, 7) is 6.19. The fourth-order valence-corrected chi connectivity index (χ4v) is 1.75. The van der Waals surface area contributed by atoms with Crippen LogP contribution < -0.4 is 10.6 Å². The Morgan fingerprint density at radius 1 is 1.42 bits per heavy atom. The summed E-state index contributed by atoms with van der Waals surface area (Å²) in [5.41, 5.74) is 1.50. The standard InChI is InChI=1S/C14H21ClN2O2/c1-9(2)12(18)7-8-16-14(19)17-11-6-4-5-10(3)13(11)15/h4-6,9,12,18H,7-8H2,1-3H3,(H2,16,17,19). The predicted molar refractivity (Wildman–Crippen MR) is 78.7 cm³/mol. The molecule has 1 unspecified atom stereocenters. The molecule has 1 aromatic rings. The van der Waals surface area contributed by atoms with Gasteiger partial charge in [0.15, 0.2) is 0 Å². The normalized spacial score (nSPS) is 12.3. The van der Waals surface area contributed by atoms with Crippen LogP contribution in [0.3, 0.4) is 0 Å². The van der Waals surface area contributed by atoms with Crippen molar-refractivity contribution in [2.24, 2.45) is 5.92 Å². The van der Waals surface area contributed by atoms with Crippen LogP contribution in [0.2, 0.25) is 5.02 Å². The number of halogens is 1. The molecule has 4 nitrogen and oxygen atoms in total. The van der Waals surface area contributed by atoms with Crippen molar-refractivity contribution in [3.63, 3.8) is 0 Å². The Kier molecular flexibility index (Phi) is 6.12. The van der Waals surface area contributed by atoms with Crippen LogP contribution in [-0.4, -0.2) is 23.8 Å². The molecular weight excluding hydrogens is 264 g/mol. The van der Waals surface area contributed by atoms with Crippen molar-refractivity contribution < 1.29 is 9.90 Å². The number of benzene rings is 1. The highest BCUT2D eigenvalue weighted by Crippen LogP contribution is 2.24. The third-order valence-corrected chi connectivity index (χ3v) is 3.44. The lowest BCUT2D eigenvalue weighted by Crippen LogP contribution is -2.32. The number of amides is 2. The Balaban J connectivity index is 2.41.